The molecule has 174 valence electrons. The van der Waals surface area contributed by atoms with Gasteiger partial charge in [-0.05, 0) is 64.9 Å². The number of aryl methyl sites for hydroxylation is 3. The maximum atomic E-state index is 10.1. The van der Waals surface area contributed by atoms with Gasteiger partial charge in [-0.1, -0.05) is 105 Å². The second-order valence-electron chi connectivity index (χ2n) is 10.0. The van der Waals surface area contributed by atoms with Crippen LogP contribution >= 0.6 is 0 Å². The Morgan fingerprint density at radius 3 is 1.76 bits per heavy atom. The van der Waals surface area contributed by atoms with Crippen molar-refractivity contribution in [3.63, 3.8) is 0 Å². The van der Waals surface area contributed by atoms with E-state index >= 15 is 0 Å². The monoisotopic (exact) mass is 458 g/mol. The molecule has 0 spiro atoms. The van der Waals surface area contributed by atoms with Crippen molar-refractivity contribution >= 4 is 18.7 Å². The molecule has 0 amide bonds. The average molecular weight is 459 g/mol. The normalized spacial score (nSPS) is 12.8. The molecule has 0 heterocycles. The molecule has 0 saturated heterocycles. The minimum atomic E-state index is -2.58. The van der Waals surface area contributed by atoms with Gasteiger partial charge in [0.25, 0.3) is 8.32 Å². The number of hydrogen-bond donors (Lipinski definition) is 1. The standard InChI is InChI=1S/C30H38O2Si/c1-23-19-24(2)29(25(3)20-23)21-26(22-31)17-18-32-33(30(4,5)6,27-13-9-7-10-14-27)28-15-11-8-12-16-28/h7-17,19-20,31H,18,21-22H2,1-6H3/b26-17-. The average Bonchev–Trinajstić information content (AvgIpc) is 2.78. The second-order valence-corrected chi connectivity index (χ2v) is 14.4. The van der Waals surface area contributed by atoms with Crippen LogP contribution in [-0.4, -0.2) is 26.6 Å². The highest BCUT2D eigenvalue weighted by Crippen LogP contribution is 2.36. The Kier molecular flexibility index (Phi) is 8.12. The highest BCUT2D eigenvalue weighted by Gasteiger charge is 2.49. The van der Waals surface area contributed by atoms with Gasteiger partial charge in [0.05, 0.1) is 13.2 Å². The molecule has 0 aliphatic carbocycles. The Hall–Kier alpha value is -2.46. The molecule has 2 nitrogen and oxygen atoms in total. The molecule has 0 aliphatic heterocycles. The van der Waals surface area contributed by atoms with Gasteiger partial charge in [-0.2, -0.15) is 0 Å². The van der Waals surface area contributed by atoms with Gasteiger partial charge in [0.15, 0.2) is 0 Å². The molecule has 0 atom stereocenters. The fraction of sp³-hybridized carbons (Fsp3) is 0.333. The van der Waals surface area contributed by atoms with Crippen LogP contribution in [0.5, 0.6) is 0 Å². The summed E-state index contributed by atoms with van der Waals surface area (Å²) in [6, 6.07) is 25.8. The Balaban J connectivity index is 1.96. The Morgan fingerprint density at radius 2 is 1.33 bits per heavy atom. The third kappa shape index (κ3) is 5.55. The molecule has 0 aromatic heterocycles. The largest absolute Gasteiger partial charge is 0.404 e. The van der Waals surface area contributed by atoms with E-state index < -0.39 is 8.32 Å². The Bertz CT molecular complexity index is 1020. The third-order valence-electron chi connectivity index (χ3n) is 6.54. The van der Waals surface area contributed by atoms with Crippen molar-refractivity contribution in [1.82, 2.24) is 0 Å². The maximum absolute atomic E-state index is 10.1. The summed E-state index contributed by atoms with van der Waals surface area (Å²) in [6.07, 6.45) is 2.84. The second kappa shape index (κ2) is 10.6. The first-order valence-electron chi connectivity index (χ1n) is 11.8. The van der Waals surface area contributed by atoms with Crippen LogP contribution in [0.1, 0.15) is 43.0 Å². The zero-order chi connectivity index (χ0) is 24.1. The van der Waals surface area contributed by atoms with Gasteiger partial charge in [-0.15, -0.1) is 0 Å². The summed E-state index contributed by atoms with van der Waals surface area (Å²) < 4.78 is 6.97. The summed E-state index contributed by atoms with van der Waals surface area (Å²) in [4.78, 5) is 0. The van der Waals surface area contributed by atoms with Crippen LogP contribution in [-0.2, 0) is 10.8 Å². The smallest absolute Gasteiger partial charge is 0.261 e. The molecule has 3 heteroatoms. The molecule has 0 bridgehead atoms. The minimum absolute atomic E-state index is 0.0386. The van der Waals surface area contributed by atoms with E-state index in [-0.39, 0.29) is 11.6 Å². The van der Waals surface area contributed by atoms with Crippen LogP contribution in [0.3, 0.4) is 0 Å². The van der Waals surface area contributed by atoms with E-state index in [4.69, 9.17) is 4.43 Å². The van der Waals surface area contributed by atoms with E-state index in [1.165, 1.54) is 32.6 Å². The van der Waals surface area contributed by atoms with Crippen molar-refractivity contribution in [1.29, 1.82) is 0 Å². The van der Waals surface area contributed by atoms with Crippen LogP contribution in [0.4, 0.5) is 0 Å². The molecule has 3 aromatic rings. The lowest BCUT2D eigenvalue weighted by molar-refractivity contribution is 0.317. The number of aliphatic hydroxyl groups excluding tert-OH is 1. The molecule has 3 rings (SSSR count). The number of hydrogen-bond acceptors (Lipinski definition) is 2. The number of rotatable bonds is 8. The molecule has 33 heavy (non-hydrogen) atoms. The van der Waals surface area contributed by atoms with E-state index in [1.54, 1.807) is 0 Å². The van der Waals surface area contributed by atoms with Crippen molar-refractivity contribution < 1.29 is 9.53 Å². The van der Waals surface area contributed by atoms with Crippen LogP contribution in [0, 0.1) is 20.8 Å². The quantitative estimate of drug-likeness (QED) is 0.349. The highest BCUT2D eigenvalue weighted by molar-refractivity contribution is 6.99. The van der Waals surface area contributed by atoms with Gasteiger partial charge >= 0.3 is 0 Å². The Labute approximate surface area is 201 Å². The summed E-state index contributed by atoms with van der Waals surface area (Å²) in [5.41, 5.74) is 6.13. The van der Waals surface area contributed by atoms with Crippen molar-refractivity contribution in [2.45, 2.75) is 53.0 Å². The van der Waals surface area contributed by atoms with E-state index in [0.717, 1.165) is 12.0 Å². The zero-order valence-electron chi connectivity index (χ0n) is 21.0. The van der Waals surface area contributed by atoms with Crippen LogP contribution in [0.25, 0.3) is 0 Å². The van der Waals surface area contributed by atoms with Gasteiger partial charge < -0.3 is 9.53 Å². The van der Waals surface area contributed by atoms with Gasteiger partial charge in [0, 0.05) is 0 Å². The third-order valence-corrected chi connectivity index (χ3v) is 11.5. The van der Waals surface area contributed by atoms with Gasteiger partial charge in [0.1, 0.15) is 0 Å². The van der Waals surface area contributed by atoms with Gasteiger partial charge in [-0.3, -0.25) is 0 Å². The summed E-state index contributed by atoms with van der Waals surface area (Å²) >= 11 is 0. The molecule has 0 radical (unpaired) electrons. The molecular formula is C30H38O2Si. The van der Waals surface area contributed by atoms with Crippen molar-refractivity contribution in [2.75, 3.05) is 13.2 Å². The topological polar surface area (TPSA) is 29.5 Å². The Morgan fingerprint density at radius 1 is 0.848 bits per heavy atom. The lowest BCUT2D eigenvalue weighted by Gasteiger charge is -2.42. The molecule has 3 aromatic carbocycles. The van der Waals surface area contributed by atoms with E-state index in [2.05, 4.69) is 120 Å². The SMILES string of the molecule is Cc1cc(C)c(C/C(=C/CO[Si](c2ccccc2)(c2ccccc2)C(C)(C)C)CO)c(C)c1. The summed E-state index contributed by atoms with van der Waals surface area (Å²) in [7, 11) is -2.58. The highest BCUT2D eigenvalue weighted by atomic mass is 28.4. The van der Waals surface area contributed by atoms with Crippen LogP contribution in [0.2, 0.25) is 5.04 Å². The predicted octanol–water partition coefficient (Wildman–Crippen LogP) is 5.65. The maximum Gasteiger partial charge on any atom is 0.261 e. The summed E-state index contributed by atoms with van der Waals surface area (Å²) in [5.74, 6) is 0. The van der Waals surface area contributed by atoms with Gasteiger partial charge in [-0.25, -0.2) is 0 Å². The molecule has 0 saturated carbocycles. The molecule has 0 fully saturated rings. The fourth-order valence-electron chi connectivity index (χ4n) is 4.95. The van der Waals surface area contributed by atoms with E-state index in [1.807, 2.05) is 0 Å². The van der Waals surface area contributed by atoms with Gasteiger partial charge in [0.2, 0.25) is 0 Å². The van der Waals surface area contributed by atoms with E-state index in [0.29, 0.717) is 6.61 Å². The lowest BCUT2D eigenvalue weighted by Crippen LogP contribution is -2.66. The first-order valence-corrected chi connectivity index (χ1v) is 13.7. The van der Waals surface area contributed by atoms with E-state index in [9.17, 15) is 5.11 Å². The number of benzene rings is 3. The summed E-state index contributed by atoms with van der Waals surface area (Å²) in [6.45, 7) is 13.8. The van der Waals surface area contributed by atoms with Crippen LogP contribution in [0.15, 0.2) is 84.4 Å². The van der Waals surface area contributed by atoms with Crippen molar-refractivity contribution in [3.8, 4) is 0 Å². The van der Waals surface area contributed by atoms with Crippen molar-refractivity contribution in [3.05, 3.63) is 107 Å². The molecule has 1 N–H and O–H groups in total. The first-order chi connectivity index (χ1) is 15.7. The minimum Gasteiger partial charge on any atom is -0.404 e. The molecular weight excluding hydrogens is 420 g/mol. The lowest BCUT2D eigenvalue weighted by atomic mass is 9.94. The fourth-order valence-corrected chi connectivity index (χ4v) is 9.44. The molecule has 0 aliphatic rings. The summed E-state index contributed by atoms with van der Waals surface area (Å²) in [5, 5.41) is 12.6. The first kappa shape index (κ1) is 25.2. The predicted molar refractivity (Wildman–Crippen MR) is 143 cm³/mol. The van der Waals surface area contributed by atoms with Crippen LogP contribution < -0.4 is 10.4 Å². The molecule has 0 unspecified atom stereocenters. The zero-order valence-corrected chi connectivity index (χ0v) is 22.0. The van der Waals surface area contributed by atoms with Crippen molar-refractivity contribution in [2.24, 2.45) is 0 Å². The number of aliphatic hydroxyl groups is 1.